The molecule has 3 aromatic rings. The van der Waals surface area contributed by atoms with Crippen molar-refractivity contribution < 1.29 is 18.0 Å². The van der Waals surface area contributed by atoms with Crippen molar-refractivity contribution in [2.75, 3.05) is 6.54 Å². The van der Waals surface area contributed by atoms with E-state index in [9.17, 15) is 18.0 Å². The van der Waals surface area contributed by atoms with E-state index >= 15 is 0 Å². The van der Waals surface area contributed by atoms with Crippen molar-refractivity contribution in [3.63, 3.8) is 0 Å². The molecule has 0 saturated heterocycles. The smallest absolute Gasteiger partial charge is 0.265 e. The topological polar surface area (TPSA) is 83.6 Å². The lowest BCUT2D eigenvalue weighted by molar-refractivity contribution is 0.0958. The first kappa shape index (κ1) is 23.9. The summed E-state index contributed by atoms with van der Waals surface area (Å²) in [6.07, 6.45) is 0. The predicted octanol–water partition coefficient (Wildman–Crippen LogP) is 4.89. The second-order valence-electron chi connectivity index (χ2n) is 8.16. The predicted molar refractivity (Wildman–Crippen MR) is 135 cm³/mol. The molecule has 8 heteroatoms. The standard InChI is InChI=1S/C26H23BrN2O4S/c1-17(2)28-24-21-10-6-7-11-23(21)34(32,33)29(16-22(30)18-12-14-20(27)15-13-18)25(24)26(31)19-8-4-3-5-9-19/h3-15,17,28H,16H2,1-2H3. The highest BCUT2D eigenvalue weighted by molar-refractivity contribution is 9.10. The van der Waals surface area contributed by atoms with Crippen LogP contribution in [0, 0.1) is 0 Å². The lowest BCUT2D eigenvalue weighted by atomic mass is 10.0. The fourth-order valence-electron chi connectivity index (χ4n) is 3.80. The molecule has 1 heterocycles. The molecular weight excluding hydrogens is 516 g/mol. The Morgan fingerprint density at radius 2 is 1.50 bits per heavy atom. The summed E-state index contributed by atoms with van der Waals surface area (Å²) in [6.45, 7) is 3.30. The van der Waals surface area contributed by atoms with Crippen LogP contribution in [0.15, 0.2) is 93.9 Å². The van der Waals surface area contributed by atoms with Gasteiger partial charge in [-0.2, -0.15) is 0 Å². The molecule has 0 radical (unpaired) electrons. The normalized spacial score (nSPS) is 14.6. The number of hydrogen-bond acceptors (Lipinski definition) is 5. The van der Waals surface area contributed by atoms with Gasteiger partial charge >= 0.3 is 0 Å². The number of Topliss-reactive ketones (excluding diaryl/α,β-unsaturated/α-hetero) is 2. The maximum absolute atomic E-state index is 13.8. The van der Waals surface area contributed by atoms with Crippen LogP contribution in [0.1, 0.15) is 40.1 Å². The van der Waals surface area contributed by atoms with Crippen LogP contribution in [0.4, 0.5) is 0 Å². The van der Waals surface area contributed by atoms with Crippen molar-refractivity contribution >= 4 is 43.2 Å². The van der Waals surface area contributed by atoms with Crippen LogP contribution < -0.4 is 5.32 Å². The maximum atomic E-state index is 13.8. The van der Waals surface area contributed by atoms with E-state index in [4.69, 9.17) is 0 Å². The van der Waals surface area contributed by atoms with Gasteiger partial charge in [0.05, 0.1) is 17.1 Å². The number of nitrogens with zero attached hydrogens (tertiary/aromatic N) is 1. The van der Waals surface area contributed by atoms with Gasteiger partial charge in [-0.3, -0.25) is 13.9 Å². The Kier molecular flexibility index (Phi) is 6.72. The highest BCUT2D eigenvalue weighted by Crippen LogP contribution is 2.37. The van der Waals surface area contributed by atoms with Gasteiger partial charge < -0.3 is 5.32 Å². The molecular formula is C26H23BrN2O4S. The van der Waals surface area contributed by atoms with Gasteiger partial charge in [-0.05, 0) is 32.0 Å². The van der Waals surface area contributed by atoms with Crippen molar-refractivity contribution in [2.24, 2.45) is 0 Å². The van der Waals surface area contributed by atoms with E-state index in [1.54, 1.807) is 72.8 Å². The molecule has 0 amide bonds. The van der Waals surface area contributed by atoms with Gasteiger partial charge in [-0.1, -0.05) is 76.6 Å². The molecule has 174 valence electrons. The fraction of sp³-hybridized carbons (Fsp3) is 0.154. The second-order valence-corrected chi connectivity index (χ2v) is 10.9. The van der Waals surface area contributed by atoms with Gasteiger partial charge in [0, 0.05) is 27.2 Å². The Bertz CT molecular complexity index is 1380. The van der Waals surface area contributed by atoms with Gasteiger partial charge in [0.15, 0.2) is 5.78 Å². The minimum absolute atomic E-state index is 0.0476. The molecule has 1 N–H and O–H groups in total. The highest BCUT2D eigenvalue weighted by atomic mass is 79.9. The number of ketones is 2. The SMILES string of the molecule is CC(C)NC1=C(C(=O)c2ccccc2)N(CC(=O)c2ccc(Br)cc2)S(=O)(=O)c2ccccc21. The summed E-state index contributed by atoms with van der Waals surface area (Å²) in [5, 5.41) is 3.26. The summed E-state index contributed by atoms with van der Waals surface area (Å²) >= 11 is 3.34. The quantitative estimate of drug-likeness (QED) is 0.433. The minimum Gasteiger partial charge on any atom is -0.381 e. The number of halogens is 1. The van der Waals surface area contributed by atoms with Gasteiger partial charge in [0.2, 0.25) is 5.78 Å². The number of rotatable bonds is 7. The first-order valence-electron chi connectivity index (χ1n) is 10.7. The molecule has 0 aliphatic carbocycles. The van der Waals surface area contributed by atoms with Gasteiger partial charge in [0.25, 0.3) is 10.0 Å². The van der Waals surface area contributed by atoms with Crippen LogP contribution in [0.25, 0.3) is 5.70 Å². The van der Waals surface area contributed by atoms with Crippen molar-refractivity contribution in [1.82, 2.24) is 9.62 Å². The van der Waals surface area contributed by atoms with Crippen molar-refractivity contribution in [1.29, 1.82) is 0 Å². The Balaban J connectivity index is 1.93. The third kappa shape index (κ3) is 4.56. The monoisotopic (exact) mass is 538 g/mol. The Morgan fingerprint density at radius 3 is 2.15 bits per heavy atom. The Hall–Kier alpha value is -3.23. The van der Waals surface area contributed by atoms with Crippen molar-refractivity contribution in [2.45, 2.75) is 24.8 Å². The van der Waals surface area contributed by atoms with Crippen LogP contribution >= 0.6 is 15.9 Å². The summed E-state index contributed by atoms with van der Waals surface area (Å²) in [5.74, 6) is -0.900. The third-order valence-electron chi connectivity index (χ3n) is 5.35. The van der Waals surface area contributed by atoms with E-state index in [1.807, 2.05) is 13.8 Å². The number of fused-ring (bicyclic) bond motifs is 1. The Labute approximate surface area is 207 Å². The number of sulfonamides is 1. The molecule has 34 heavy (non-hydrogen) atoms. The fourth-order valence-corrected chi connectivity index (χ4v) is 5.70. The minimum atomic E-state index is -4.18. The van der Waals surface area contributed by atoms with E-state index in [1.165, 1.54) is 6.07 Å². The molecule has 6 nitrogen and oxygen atoms in total. The zero-order valence-corrected chi connectivity index (χ0v) is 21.1. The molecule has 1 aliphatic heterocycles. The van der Waals surface area contributed by atoms with E-state index in [-0.39, 0.29) is 16.6 Å². The zero-order valence-electron chi connectivity index (χ0n) is 18.7. The summed E-state index contributed by atoms with van der Waals surface area (Å²) in [4.78, 5) is 27.0. The van der Waals surface area contributed by atoms with Crippen LogP contribution in [-0.2, 0) is 10.0 Å². The van der Waals surface area contributed by atoms with Gasteiger partial charge in [-0.25, -0.2) is 8.42 Å². The van der Waals surface area contributed by atoms with E-state index in [0.717, 1.165) is 8.78 Å². The van der Waals surface area contributed by atoms with Crippen molar-refractivity contribution in [3.8, 4) is 0 Å². The number of nitrogens with one attached hydrogen (secondary N) is 1. The van der Waals surface area contributed by atoms with Gasteiger partial charge in [-0.15, -0.1) is 0 Å². The molecule has 0 bridgehead atoms. The van der Waals surface area contributed by atoms with E-state index in [2.05, 4.69) is 21.2 Å². The molecule has 0 fully saturated rings. The van der Waals surface area contributed by atoms with E-state index in [0.29, 0.717) is 22.4 Å². The van der Waals surface area contributed by atoms with E-state index < -0.39 is 28.1 Å². The molecule has 0 spiro atoms. The molecule has 0 aromatic heterocycles. The molecule has 0 unspecified atom stereocenters. The molecule has 0 atom stereocenters. The molecule has 1 aliphatic rings. The van der Waals surface area contributed by atoms with Crippen LogP contribution in [0.5, 0.6) is 0 Å². The first-order chi connectivity index (χ1) is 16.2. The van der Waals surface area contributed by atoms with Crippen LogP contribution in [-0.4, -0.2) is 36.9 Å². The highest BCUT2D eigenvalue weighted by Gasteiger charge is 2.41. The number of benzene rings is 3. The third-order valence-corrected chi connectivity index (χ3v) is 7.68. The first-order valence-corrected chi connectivity index (χ1v) is 12.9. The number of hydrogen-bond donors (Lipinski definition) is 1. The second kappa shape index (κ2) is 9.56. The molecule has 4 rings (SSSR count). The lowest BCUT2D eigenvalue weighted by Crippen LogP contribution is -2.43. The molecule has 0 saturated carbocycles. The summed E-state index contributed by atoms with van der Waals surface area (Å²) in [6, 6.07) is 21.6. The summed E-state index contributed by atoms with van der Waals surface area (Å²) < 4.78 is 29.3. The number of carbonyl (C=O) groups is 2. The van der Waals surface area contributed by atoms with Crippen molar-refractivity contribution in [3.05, 3.63) is 106 Å². The average molecular weight is 539 g/mol. The lowest BCUT2D eigenvalue weighted by Gasteiger charge is -2.34. The van der Waals surface area contributed by atoms with Gasteiger partial charge in [0.1, 0.15) is 5.70 Å². The summed E-state index contributed by atoms with van der Waals surface area (Å²) in [5.41, 5.74) is 1.41. The number of allylic oxidation sites excluding steroid dienone is 1. The average Bonchev–Trinajstić information content (AvgIpc) is 2.82. The largest absolute Gasteiger partial charge is 0.381 e. The molecule has 3 aromatic carbocycles. The number of carbonyl (C=O) groups excluding carboxylic acids is 2. The van der Waals surface area contributed by atoms with Crippen LogP contribution in [0.3, 0.4) is 0 Å². The van der Waals surface area contributed by atoms with Crippen LogP contribution in [0.2, 0.25) is 0 Å². The summed E-state index contributed by atoms with van der Waals surface area (Å²) in [7, 11) is -4.18. The Morgan fingerprint density at radius 1 is 0.882 bits per heavy atom. The zero-order chi connectivity index (χ0) is 24.5. The maximum Gasteiger partial charge on any atom is 0.265 e.